The number of nitrogens with one attached hydrogen (secondary N) is 1. The second-order valence-electron chi connectivity index (χ2n) is 7.16. The predicted octanol–water partition coefficient (Wildman–Crippen LogP) is 3.95. The Morgan fingerprint density at radius 2 is 1.87 bits per heavy atom. The van der Waals surface area contributed by atoms with Crippen LogP contribution in [0, 0.1) is 0 Å². The summed E-state index contributed by atoms with van der Waals surface area (Å²) in [5.41, 5.74) is 1.15. The molecule has 1 atom stereocenters. The molecule has 4 rings (SSSR count). The molecule has 1 unspecified atom stereocenters. The van der Waals surface area contributed by atoms with E-state index in [0.717, 1.165) is 47.2 Å². The van der Waals surface area contributed by atoms with Crippen molar-refractivity contribution >= 4 is 43.0 Å². The first-order valence-electron chi connectivity index (χ1n) is 9.88. The van der Waals surface area contributed by atoms with Crippen LogP contribution in [0.5, 0.6) is 5.75 Å². The van der Waals surface area contributed by atoms with Crippen LogP contribution in [-0.4, -0.2) is 53.2 Å². The summed E-state index contributed by atoms with van der Waals surface area (Å²) in [6, 6.07) is 14.9. The number of rotatable bonds is 8. The van der Waals surface area contributed by atoms with Crippen molar-refractivity contribution in [2.45, 2.75) is 10.3 Å². The second-order valence-corrected chi connectivity index (χ2v) is 11.6. The Labute approximate surface area is 194 Å². The van der Waals surface area contributed by atoms with Crippen LogP contribution >= 0.6 is 27.3 Å². The van der Waals surface area contributed by atoms with Gasteiger partial charge in [0.15, 0.2) is 0 Å². The molecule has 2 aromatic heterocycles. The fourth-order valence-electron chi connectivity index (χ4n) is 3.68. The number of halogens is 1. The van der Waals surface area contributed by atoms with E-state index in [-0.39, 0.29) is 12.6 Å². The monoisotopic (exact) mass is 525 g/mol. The van der Waals surface area contributed by atoms with E-state index < -0.39 is 10.0 Å². The largest absolute Gasteiger partial charge is 0.497 e. The lowest BCUT2D eigenvalue weighted by Gasteiger charge is -2.39. The van der Waals surface area contributed by atoms with Gasteiger partial charge in [-0.2, -0.15) is 0 Å². The topological polar surface area (TPSA) is 75.0 Å². The minimum atomic E-state index is -3.58. The molecule has 10 heteroatoms. The molecule has 3 heterocycles. The van der Waals surface area contributed by atoms with Crippen LogP contribution in [0.2, 0.25) is 0 Å². The van der Waals surface area contributed by atoms with Gasteiger partial charge in [0.25, 0.3) is 0 Å². The van der Waals surface area contributed by atoms with Crippen molar-refractivity contribution in [2.24, 2.45) is 0 Å². The minimum Gasteiger partial charge on any atom is -0.497 e. The average molecular weight is 526 g/mol. The maximum atomic E-state index is 12.7. The summed E-state index contributed by atoms with van der Waals surface area (Å²) in [4.78, 5) is 4.59. The van der Waals surface area contributed by atoms with Crippen LogP contribution in [0.3, 0.4) is 0 Å². The zero-order valence-electron chi connectivity index (χ0n) is 17.0. The van der Waals surface area contributed by atoms with E-state index in [1.165, 1.54) is 11.3 Å². The molecule has 1 aliphatic rings. The zero-order chi connectivity index (χ0) is 21.8. The van der Waals surface area contributed by atoms with Gasteiger partial charge in [0.05, 0.1) is 23.2 Å². The third kappa shape index (κ3) is 5.32. The number of sulfonamides is 1. The summed E-state index contributed by atoms with van der Waals surface area (Å²) in [5, 5.41) is 0. The fraction of sp³-hybridized carbons (Fsp3) is 0.333. The molecule has 1 aromatic carbocycles. The number of thiophene rings is 1. The molecular formula is C21H24BrN3O4S2. The normalized spacial score (nSPS) is 16.4. The molecule has 0 radical (unpaired) electrons. The molecule has 31 heavy (non-hydrogen) atoms. The molecule has 0 bridgehead atoms. The highest BCUT2D eigenvalue weighted by Gasteiger charge is 2.29. The van der Waals surface area contributed by atoms with E-state index in [2.05, 4.69) is 42.6 Å². The Hall–Kier alpha value is -1.85. The smallest absolute Gasteiger partial charge is 0.250 e. The first kappa shape index (κ1) is 22.3. The molecule has 1 aliphatic heterocycles. The van der Waals surface area contributed by atoms with Crippen molar-refractivity contribution in [2.75, 3.05) is 44.7 Å². The summed E-state index contributed by atoms with van der Waals surface area (Å²) >= 11 is 4.52. The molecule has 0 aliphatic carbocycles. The average Bonchev–Trinajstić information content (AvgIpc) is 3.47. The molecule has 166 valence electrons. The number of piperazine rings is 1. The van der Waals surface area contributed by atoms with Gasteiger partial charge >= 0.3 is 0 Å². The van der Waals surface area contributed by atoms with E-state index in [4.69, 9.17) is 9.15 Å². The van der Waals surface area contributed by atoms with Gasteiger partial charge in [0.1, 0.15) is 15.7 Å². The SMILES string of the molecule is COc1ccc(N2CCN(C(CNS(=O)(=O)c3ccc(Br)s3)c3ccco3)CC2)cc1. The van der Waals surface area contributed by atoms with Gasteiger partial charge in [-0.25, -0.2) is 13.1 Å². The number of ether oxygens (including phenoxy) is 1. The molecule has 1 N–H and O–H groups in total. The van der Waals surface area contributed by atoms with Gasteiger partial charge in [-0.05, 0) is 64.5 Å². The van der Waals surface area contributed by atoms with Crippen molar-refractivity contribution in [3.63, 3.8) is 0 Å². The third-order valence-corrected chi connectivity index (χ3v) is 8.88. The highest BCUT2D eigenvalue weighted by Crippen LogP contribution is 2.28. The van der Waals surface area contributed by atoms with E-state index in [1.807, 2.05) is 24.3 Å². The highest BCUT2D eigenvalue weighted by molar-refractivity contribution is 9.11. The number of hydrogen-bond donors (Lipinski definition) is 1. The van der Waals surface area contributed by atoms with Crippen LogP contribution in [0.1, 0.15) is 11.8 Å². The molecule has 0 saturated carbocycles. The maximum Gasteiger partial charge on any atom is 0.250 e. The van der Waals surface area contributed by atoms with E-state index >= 15 is 0 Å². The number of anilines is 1. The van der Waals surface area contributed by atoms with Gasteiger partial charge in [0, 0.05) is 38.4 Å². The van der Waals surface area contributed by atoms with Crippen molar-refractivity contribution in [3.8, 4) is 5.75 Å². The maximum absolute atomic E-state index is 12.7. The lowest BCUT2D eigenvalue weighted by atomic mass is 10.1. The Balaban J connectivity index is 1.43. The van der Waals surface area contributed by atoms with Gasteiger partial charge < -0.3 is 14.1 Å². The van der Waals surface area contributed by atoms with Crippen molar-refractivity contribution in [3.05, 3.63) is 64.3 Å². The summed E-state index contributed by atoms with van der Waals surface area (Å²) in [5.74, 6) is 1.60. The zero-order valence-corrected chi connectivity index (χ0v) is 20.2. The van der Waals surface area contributed by atoms with Crippen molar-refractivity contribution < 1.29 is 17.6 Å². The van der Waals surface area contributed by atoms with Crippen LogP contribution in [0.4, 0.5) is 5.69 Å². The quantitative estimate of drug-likeness (QED) is 0.479. The van der Waals surface area contributed by atoms with Gasteiger partial charge in [-0.1, -0.05) is 0 Å². The number of nitrogens with zero attached hydrogens (tertiary/aromatic N) is 2. The van der Waals surface area contributed by atoms with E-state index in [0.29, 0.717) is 4.21 Å². The number of furan rings is 1. The van der Waals surface area contributed by atoms with Gasteiger partial charge in [-0.15, -0.1) is 11.3 Å². The van der Waals surface area contributed by atoms with Gasteiger partial charge in [-0.3, -0.25) is 4.90 Å². The lowest BCUT2D eigenvalue weighted by molar-refractivity contribution is 0.166. The highest BCUT2D eigenvalue weighted by atomic mass is 79.9. The molecular weight excluding hydrogens is 502 g/mol. The standard InChI is InChI=1S/C21H24BrN3O4S2/c1-28-17-6-4-16(5-7-17)24-10-12-25(13-11-24)18(19-3-2-14-29-19)15-23-31(26,27)21-9-8-20(22)30-21/h2-9,14,18,23H,10-13,15H2,1H3. The fourth-order valence-corrected chi connectivity index (χ4v) is 6.77. The second kappa shape index (κ2) is 9.74. The molecule has 1 saturated heterocycles. The molecule has 3 aromatic rings. The number of hydrogen-bond acceptors (Lipinski definition) is 7. The summed E-state index contributed by atoms with van der Waals surface area (Å²) < 4.78 is 40.1. The summed E-state index contributed by atoms with van der Waals surface area (Å²) in [6.45, 7) is 3.52. The van der Waals surface area contributed by atoms with Crippen LogP contribution < -0.4 is 14.4 Å². The van der Waals surface area contributed by atoms with E-state index in [9.17, 15) is 8.42 Å². The molecule has 0 spiro atoms. The Bertz CT molecular complexity index is 1080. The van der Waals surface area contributed by atoms with Crippen LogP contribution in [0.25, 0.3) is 0 Å². The van der Waals surface area contributed by atoms with Gasteiger partial charge in [0.2, 0.25) is 10.0 Å². The molecule has 0 amide bonds. The molecule has 7 nitrogen and oxygen atoms in total. The predicted molar refractivity (Wildman–Crippen MR) is 125 cm³/mol. The van der Waals surface area contributed by atoms with Crippen LogP contribution in [0.15, 0.2) is 67.2 Å². The van der Waals surface area contributed by atoms with Crippen molar-refractivity contribution in [1.82, 2.24) is 9.62 Å². The van der Waals surface area contributed by atoms with Crippen LogP contribution in [-0.2, 0) is 10.0 Å². The number of benzene rings is 1. The lowest BCUT2D eigenvalue weighted by Crippen LogP contribution is -2.49. The summed E-state index contributed by atoms with van der Waals surface area (Å²) in [7, 11) is -1.92. The Morgan fingerprint density at radius 3 is 2.45 bits per heavy atom. The molecule has 1 fully saturated rings. The first-order chi connectivity index (χ1) is 15.0. The van der Waals surface area contributed by atoms with E-state index in [1.54, 1.807) is 25.5 Å². The first-order valence-corrected chi connectivity index (χ1v) is 13.0. The third-order valence-electron chi connectivity index (χ3n) is 5.34. The summed E-state index contributed by atoms with van der Waals surface area (Å²) in [6.07, 6.45) is 1.63. The van der Waals surface area contributed by atoms with Crippen molar-refractivity contribution in [1.29, 1.82) is 0 Å². The Morgan fingerprint density at radius 1 is 1.13 bits per heavy atom. The Kier molecular flexibility index (Phi) is 7.02. The minimum absolute atomic E-state index is 0.175. The number of methoxy groups -OCH3 is 1.